The van der Waals surface area contributed by atoms with E-state index in [-0.39, 0.29) is 0 Å². The van der Waals surface area contributed by atoms with Crippen molar-refractivity contribution in [1.29, 1.82) is 0 Å². The summed E-state index contributed by atoms with van der Waals surface area (Å²) in [5.74, 6) is 0. The van der Waals surface area contributed by atoms with Crippen LogP contribution in [0.5, 0.6) is 0 Å². The van der Waals surface area contributed by atoms with E-state index >= 15 is 0 Å². The largest absolute Gasteiger partial charge is 0.303 e. The second-order valence-electron chi connectivity index (χ2n) is 5.26. The average molecular weight is 320 g/mol. The van der Waals surface area contributed by atoms with Crippen LogP contribution < -0.4 is 0 Å². The van der Waals surface area contributed by atoms with Crippen LogP contribution in [0.25, 0.3) is 10.8 Å². The third-order valence-electron chi connectivity index (χ3n) is 3.74. The van der Waals surface area contributed by atoms with Gasteiger partial charge in [0.1, 0.15) is 0 Å². The number of fused-ring (bicyclic) bond motifs is 1. The van der Waals surface area contributed by atoms with Gasteiger partial charge in [0.25, 0.3) is 0 Å². The summed E-state index contributed by atoms with van der Waals surface area (Å²) in [5, 5.41) is 3.75. The number of nitrogens with zero attached hydrogens (tertiary/aromatic N) is 1. The van der Waals surface area contributed by atoms with Gasteiger partial charge in [0.05, 0.1) is 0 Å². The highest BCUT2D eigenvalue weighted by molar-refractivity contribution is 9.09. The van der Waals surface area contributed by atoms with E-state index in [1.54, 1.807) is 0 Å². The van der Waals surface area contributed by atoms with Gasteiger partial charge in [-0.25, -0.2) is 0 Å². The van der Waals surface area contributed by atoms with E-state index in [1.165, 1.54) is 22.8 Å². The Morgan fingerprint density at radius 1 is 1.11 bits per heavy atom. The summed E-state index contributed by atoms with van der Waals surface area (Å²) in [6.07, 6.45) is 2.32. The van der Waals surface area contributed by atoms with E-state index in [4.69, 9.17) is 0 Å². The molecule has 0 amide bonds. The highest BCUT2D eigenvalue weighted by atomic mass is 79.9. The van der Waals surface area contributed by atoms with Crippen LogP contribution in [0.3, 0.4) is 0 Å². The Bertz CT molecular complexity index is 523. The van der Waals surface area contributed by atoms with E-state index < -0.39 is 0 Å². The summed E-state index contributed by atoms with van der Waals surface area (Å²) in [7, 11) is 2.22. The second-order valence-corrected chi connectivity index (χ2v) is 6.05. The molecule has 0 aliphatic carbocycles. The zero-order chi connectivity index (χ0) is 13.7. The van der Waals surface area contributed by atoms with Crippen molar-refractivity contribution in [3.05, 3.63) is 48.0 Å². The van der Waals surface area contributed by atoms with Crippen LogP contribution >= 0.6 is 15.9 Å². The fourth-order valence-electron chi connectivity index (χ4n) is 2.39. The molecule has 2 aromatic rings. The molecule has 1 nitrogen and oxygen atoms in total. The first-order valence-corrected chi connectivity index (χ1v) is 8.06. The minimum atomic E-state index is 0.584. The Hall–Kier alpha value is -0.860. The van der Waals surface area contributed by atoms with Gasteiger partial charge in [0.2, 0.25) is 0 Å². The number of hydrogen-bond acceptors (Lipinski definition) is 1. The number of alkyl halides is 1. The van der Waals surface area contributed by atoms with Gasteiger partial charge in [-0.05, 0) is 49.7 Å². The molecule has 0 N–H and O–H groups in total. The molecular formula is C17H22BrN. The van der Waals surface area contributed by atoms with Crippen molar-refractivity contribution in [2.24, 2.45) is 0 Å². The zero-order valence-corrected chi connectivity index (χ0v) is 13.4. The Labute approximate surface area is 124 Å². The van der Waals surface area contributed by atoms with E-state index in [9.17, 15) is 0 Å². The molecule has 0 radical (unpaired) electrons. The maximum Gasteiger partial charge on any atom is 0.0104 e. The van der Waals surface area contributed by atoms with Crippen molar-refractivity contribution in [1.82, 2.24) is 4.90 Å². The van der Waals surface area contributed by atoms with Crippen molar-refractivity contribution in [3.8, 4) is 0 Å². The van der Waals surface area contributed by atoms with Gasteiger partial charge in [-0.1, -0.05) is 58.4 Å². The van der Waals surface area contributed by atoms with E-state index in [0.29, 0.717) is 6.04 Å². The minimum Gasteiger partial charge on any atom is -0.303 e. The van der Waals surface area contributed by atoms with Crippen LogP contribution in [0.15, 0.2) is 42.5 Å². The molecule has 0 aliphatic rings. The number of halogens is 1. The Morgan fingerprint density at radius 2 is 1.84 bits per heavy atom. The molecule has 0 saturated carbocycles. The average Bonchev–Trinajstić information content (AvgIpc) is 2.44. The fraction of sp³-hybridized carbons (Fsp3) is 0.412. The van der Waals surface area contributed by atoms with Crippen molar-refractivity contribution in [3.63, 3.8) is 0 Å². The molecule has 0 aromatic heterocycles. The molecule has 19 heavy (non-hydrogen) atoms. The van der Waals surface area contributed by atoms with Crippen LogP contribution in [0.1, 0.15) is 18.9 Å². The van der Waals surface area contributed by atoms with Gasteiger partial charge in [-0.3, -0.25) is 0 Å². The van der Waals surface area contributed by atoms with Gasteiger partial charge in [-0.2, -0.15) is 0 Å². The topological polar surface area (TPSA) is 3.24 Å². The molecule has 2 heteroatoms. The van der Waals surface area contributed by atoms with Crippen molar-refractivity contribution >= 4 is 26.7 Å². The highest BCUT2D eigenvalue weighted by Crippen LogP contribution is 2.17. The lowest BCUT2D eigenvalue weighted by Crippen LogP contribution is -2.31. The van der Waals surface area contributed by atoms with Gasteiger partial charge >= 0.3 is 0 Å². The lowest BCUT2D eigenvalue weighted by Gasteiger charge is -2.24. The fourth-order valence-corrected chi connectivity index (χ4v) is 2.64. The monoisotopic (exact) mass is 319 g/mol. The van der Waals surface area contributed by atoms with Crippen molar-refractivity contribution in [2.45, 2.75) is 25.8 Å². The second kappa shape index (κ2) is 7.06. The third kappa shape index (κ3) is 4.05. The van der Waals surface area contributed by atoms with Crippen molar-refractivity contribution < 1.29 is 0 Å². The normalized spacial score (nSPS) is 13.1. The van der Waals surface area contributed by atoms with E-state index in [2.05, 4.69) is 77.3 Å². The summed E-state index contributed by atoms with van der Waals surface area (Å²) >= 11 is 3.49. The molecule has 2 aromatic carbocycles. The highest BCUT2D eigenvalue weighted by Gasteiger charge is 2.09. The summed E-state index contributed by atoms with van der Waals surface area (Å²) in [4.78, 5) is 2.44. The van der Waals surface area contributed by atoms with Crippen LogP contribution in [0.2, 0.25) is 0 Å². The smallest absolute Gasteiger partial charge is 0.0104 e. The number of likely N-dealkylation sites (N-methyl/N-ethyl adjacent to an activating group) is 1. The Morgan fingerprint density at radius 3 is 2.58 bits per heavy atom. The first-order chi connectivity index (χ1) is 9.20. The molecule has 0 heterocycles. The molecule has 102 valence electrons. The predicted octanol–water partition coefficient (Wildman–Crippen LogP) is 4.49. The van der Waals surface area contributed by atoms with Gasteiger partial charge in [0.15, 0.2) is 0 Å². The zero-order valence-electron chi connectivity index (χ0n) is 11.8. The lowest BCUT2D eigenvalue weighted by atomic mass is 10.0. The summed E-state index contributed by atoms with van der Waals surface area (Å²) in [6.45, 7) is 3.46. The number of benzene rings is 2. The molecule has 0 bridgehead atoms. The van der Waals surface area contributed by atoms with Gasteiger partial charge in [-0.15, -0.1) is 0 Å². The predicted molar refractivity (Wildman–Crippen MR) is 88.2 cm³/mol. The standard InChI is InChI=1S/C17H22BrN/c1-14(19(2)11-5-10-18)12-15-8-9-16-6-3-4-7-17(16)13-15/h3-4,6-9,13-14H,5,10-12H2,1-2H3. The molecule has 1 atom stereocenters. The summed E-state index contributed by atoms with van der Waals surface area (Å²) in [6, 6.07) is 16.0. The summed E-state index contributed by atoms with van der Waals surface area (Å²) < 4.78 is 0. The maximum absolute atomic E-state index is 3.49. The minimum absolute atomic E-state index is 0.584. The SMILES string of the molecule is CC(Cc1ccc2ccccc2c1)N(C)CCCBr. The quantitative estimate of drug-likeness (QED) is 0.709. The van der Waals surface area contributed by atoms with Crippen LogP contribution in [0, 0.1) is 0 Å². The Kier molecular flexibility index (Phi) is 5.41. The van der Waals surface area contributed by atoms with Gasteiger partial charge in [0, 0.05) is 11.4 Å². The van der Waals surface area contributed by atoms with Gasteiger partial charge < -0.3 is 4.90 Å². The number of rotatable bonds is 6. The lowest BCUT2D eigenvalue weighted by molar-refractivity contribution is 0.258. The summed E-state index contributed by atoms with van der Waals surface area (Å²) in [5.41, 5.74) is 1.43. The van der Waals surface area contributed by atoms with E-state index in [0.717, 1.165) is 18.3 Å². The van der Waals surface area contributed by atoms with E-state index in [1.807, 2.05) is 0 Å². The first-order valence-electron chi connectivity index (χ1n) is 6.94. The maximum atomic E-state index is 3.49. The molecule has 0 spiro atoms. The van der Waals surface area contributed by atoms with Crippen LogP contribution in [0.4, 0.5) is 0 Å². The molecule has 0 saturated heterocycles. The van der Waals surface area contributed by atoms with Crippen LogP contribution in [-0.2, 0) is 6.42 Å². The molecule has 0 aliphatic heterocycles. The molecule has 1 unspecified atom stereocenters. The molecule has 0 fully saturated rings. The number of hydrogen-bond donors (Lipinski definition) is 0. The Balaban J connectivity index is 2.04. The first kappa shape index (κ1) is 14.5. The van der Waals surface area contributed by atoms with Crippen molar-refractivity contribution in [2.75, 3.05) is 18.9 Å². The van der Waals surface area contributed by atoms with Crippen LogP contribution in [-0.4, -0.2) is 29.9 Å². The molecular weight excluding hydrogens is 298 g/mol. The molecule has 2 rings (SSSR count). The third-order valence-corrected chi connectivity index (χ3v) is 4.30.